The second-order valence-electron chi connectivity index (χ2n) is 4.76. The summed E-state index contributed by atoms with van der Waals surface area (Å²) in [4.78, 5) is 0. The van der Waals surface area contributed by atoms with Gasteiger partial charge in [-0.1, -0.05) is 13.8 Å². The van der Waals surface area contributed by atoms with Gasteiger partial charge in [-0.2, -0.15) is 0 Å². The normalized spacial score (nSPS) is 27.6. The van der Waals surface area contributed by atoms with E-state index < -0.39 is 0 Å². The monoisotopic (exact) mass is 193 g/mol. The van der Waals surface area contributed by atoms with E-state index in [1.54, 1.807) is 0 Å². The van der Waals surface area contributed by atoms with Crippen LogP contribution in [-0.2, 0) is 0 Å². The molecule has 0 heterocycles. The van der Waals surface area contributed by atoms with Crippen LogP contribution in [0, 0.1) is 24.2 Å². The first-order valence-corrected chi connectivity index (χ1v) is 5.91. The molecule has 1 heteroatoms. The van der Waals surface area contributed by atoms with Crippen molar-refractivity contribution in [2.45, 2.75) is 52.0 Å². The lowest BCUT2D eigenvalue weighted by Crippen LogP contribution is -2.34. The van der Waals surface area contributed by atoms with Gasteiger partial charge in [0.15, 0.2) is 0 Å². The molecule has 0 bridgehead atoms. The first-order chi connectivity index (χ1) is 6.74. The molecule has 0 aromatic carbocycles. The largest absolute Gasteiger partial charge is 0.313 e. The molecule has 1 aliphatic rings. The van der Waals surface area contributed by atoms with Gasteiger partial charge >= 0.3 is 0 Å². The van der Waals surface area contributed by atoms with Gasteiger partial charge < -0.3 is 5.32 Å². The molecule has 1 aliphatic carbocycles. The van der Waals surface area contributed by atoms with Gasteiger partial charge in [0.25, 0.3) is 0 Å². The molecule has 0 amide bonds. The van der Waals surface area contributed by atoms with Crippen LogP contribution in [0.3, 0.4) is 0 Å². The molecule has 0 aromatic heterocycles. The Balaban J connectivity index is 2.13. The maximum Gasteiger partial charge on any atom is 0.0211 e. The number of terminal acetylenes is 1. The van der Waals surface area contributed by atoms with Gasteiger partial charge in [-0.3, -0.25) is 0 Å². The Hall–Kier alpha value is -0.480. The summed E-state index contributed by atoms with van der Waals surface area (Å²) >= 11 is 0. The number of hydrogen-bond donors (Lipinski definition) is 1. The maximum absolute atomic E-state index is 5.22. The highest BCUT2D eigenvalue weighted by Gasteiger charge is 2.22. The van der Waals surface area contributed by atoms with Crippen LogP contribution >= 0.6 is 0 Å². The second-order valence-corrected chi connectivity index (χ2v) is 4.76. The second kappa shape index (κ2) is 6.09. The van der Waals surface area contributed by atoms with Crippen LogP contribution in [0.1, 0.15) is 46.0 Å². The Bertz CT molecular complexity index is 182. The summed E-state index contributed by atoms with van der Waals surface area (Å²) in [6.07, 6.45) is 11.6. The van der Waals surface area contributed by atoms with Crippen molar-refractivity contribution in [1.29, 1.82) is 0 Å². The molecular weight excluding hydrogens is 170 g/mol. The van der Waals surface area contributed by atoms with E-state index in [-0.39, 0.29) is 0 Å². The van der Waals surface area contributed by atoms with Crippen molar-refractivity contribution in [1.82, 2.24) is 5.32 Å². The first kappa shape index (κ1) is 11.6. The third-order valence-corrected chi connectivity index (χ3v) is 3.42. The molecule has 1 N–H and O–H groups in total. The Morgan fingerprint density at radius 3 is 2.43 bits per heavy atom. The van der Waals surface area contributed by atoms with E-state index in [1.165, 1.54) is 25.7 Å². The highest BCUT2D eigenvalue weighted by molar-refractivity contribution is 4.86. The quantitative estimate of drug-likeness (QED) is 0.535. The summed E-state index contributed by atoms with van der Waals surface area (Å²) in [6.45, 7) is 5.68. The van der Waals surface area contributed by atoms with Crippen LogP contribution in [0.5, 0.6) is 0 Å². The fraction of sp³-hybridized carbons (Fsp3) is 0.846. The van der Waals surface area contributed by atoms with Crippen LogP contribution in [0.2, 0.25) is 0 Å². The Kier molecular flexibility index (Phi) is 5.04. The van der Waals surface area contributed by atoms with Gasteiger partial charge in [0.05, 0.1) is 0 Å². The number of rotatable bonds is 4. The lowest BCUT2D eigenvalue weighted by Gasteiger charge is -2.31. The van der Waals surface area contributed by atoms with Crippen molar-refractivity contribution in [3.8, 4) is 12.3 Å². The van der Waals surface area contributed by atoms with Gasteiger partial charge in [0, 0.05) is 19.0 Å². The molecule has 0 spiro atoms. The van der Waals surface area contributed by atoms with E-state index in [4.69, 9.17) is 6.42 Å². The zero-order valence-electron chi connectivity index (χ0n) is 9.55. The van der Waals surface area contributed by atoms with E-state index in [9.17, 15) is 0 Å². The molecule has 0 atom stereocenters. The first-order valence-electron chi connectivity index (χ1n) is 5.91. The molecule has 1 fully saturated rings. The zero-order valence-corrected chi connectivity index (χ0v) is 9.55. The topological polar surface area (TPSA) is 12.0 Å². The minimum absolute atomic E-state index is 0.735. The van der Waals surface area contributed by atoms with E-state index in [0.717, 1.165) is 30.8 Å². The SMILES string of the molecule is C#CCCNC1CCC(C(C)C)CC1. The predicted octanol–water partition coefficient (Wildman–Crippen LogP) is 2.81. The zero-order chi connectivity index (χ0) is 10.4. The van der Waals surface area contributed by atoms with Crippen LogP contribution in [-0.4, -0.2) is 12.6 Å². The predicted molar refractivity (Wildman–Crippen MR) is 62.0 cm³/mol. The van der Waals surface area contributed by atoms with Crippen molar-refractivity contribution in [3.05, 3.63) is 0 Å². The van der Waals surface area contributed by atoms with Gasteiger partial charge in [0.1, 0.15) is 0 Å². The van der Waals surface area contributed by atoms with Crippen LogP contribution in [0.15, 0.2) is 0 Å². The Morgan fingerprint density at radius 1 is 1.29 bits per heavy atom. The molecular formula is C13H23N. The number of nitrogens with one attached hydrogen (secondary N) is 1. The van der Waals surface area contributed by atoms with Crippen molar-refractivity contribution in [2.75, 3.05) is 6.54 Å². The molecule has 0 radical (unpaired) electrons. The summed E-state index contributed by atoms with van der Waals surface area (Å²) in [5, 5.41) is 3.54. The molecule has 1 rings (SSSR count). The molecule has 0 saturated heterocycles. The third-order valence-electron chi connectivity index (χ3n) is 3.42. The smallest absolute Gasteiger partial charge is 0.0211 e. The molecule has 0 aliphatic heterocycles. The fourth-order valence-corrected chi connectivity index (χ4v) is 2.34. The molecule has 1 saturated carbocycles. The van der Waals surface area contributed by atoms with E-state index >= 15 is 0 Å². The van der Waals surface area contributed by atoms with Crippen LogP contribution < -0.4 is 5.32 Å². The lowest BCUT2D eigenvalue weighted by atomic mass is 9.80. The summed E-state index contributed by atoms with van der Waals surface area (Å²) in [5.41, 5.74) is 0. The Morgan fingerprint density at radius 2 is 1.93 bits per heavy atom. The molecule has 0 unspecified atom stereocenters. The maximum atomic E-state index is 5.22. The minimum atomic E-state index is 0.735. The number of hydrogen-bond acceptors (Lipinski definition) is 1. The summed E-state index contributed by atoms with van der Waals surface area (Å²) in [5.74, 6) is 4.49. The van der Waals surface area contributed by atoms with E-state index in [1.807, 2.05) is 0 Å². The molecule has 1 nitrogen and oxygen atoms in total. The van der Waals surface area contributed by atoms with Crippen molar-refractivity contribution in [3.63, 3.8) is 0 Å². The molecule has 80 valence electrons. The Labute approximate surface area is 88.7 Å². The van der Waals surface area contributed by atoms with Gasteiger partial charge in [0.2, 0.25) is 0 Å². The summed E-state index contributed by atoms with van der Waals surface area (Å²) in [6, 6.07) is 0.735. The summed E-state index contributed by atoms with van der Waals surface area (Å²) in [7, 11) is 0. The summed E-state index contributed by atoms with van der Waals surface area (Å²) < 4.78 is 0. The molecule has 0 aromatic rings. The average molecular weight is 193 g/mol. The fourth-order valence-electron chi connectivity index (χ4n) is 2.34. The van der Waals surface area contributed by atoms with Crippen LogP contribution in [0.25, 0.3) is 0 Å². The van der Waals surface area contributed by atoms with Crippen LogP contribution in [0.4, 0.5) is 0 Å². The van der Waals surface area contributed by atoms with Gasteiger partial charge in [-0.05, 0) is 37.5 Å². The lowest BCUT2D eigenvalue weighted by molar-refractivity contribution is 0.240. The van der Waals surface area contributed by atoms with Gasteiger partial charge in [-0.25, -0.2) is 0 Å². The highest BCUT2D eigenvalue weighted by atomic mass is 14.9. The highest BCUT2D eigenvalue weighted by Crippen LogP contribution is 2.29. The standard InChI is InChI=1S/C13H23N/c1-4-5-10-14-13-8-6-12(7-9-13)11(2)3/h1,11-14H,5-10H2,2-3H3. The van der Waals surface area contributed by atoms with Crippen molar-refractivity contribution >= 4 is 0 Å². The average Bonchev–Trinajstić information content (AvgIpc) is 2.19. The van der Waals surface area contributed by atoms with E-state index in [0.29, 0.717) is 0 Å². The van der Waals surface area contributed by atoms with Crippen molar-refractivity contribution < 1.29 is 0 Å². The van der Waals surface area contributed by atoms with E-state index in [2.05, 4.69) is 25.1 Å². The third kappa shape index (κ3) is 3.72. The molecule has 14 heavy (non-hydrogen) atoms. The minimum Gasteiger partial charge on any atom is -0.313 e. The van der Waals surface area contributed by atoms with Crippen molar-refractivity contribution in [2.24, 2.45) is 11.8 Å². The van der Waals surface area contributed by atoms with Gasteiger partial charge in [-0.15, -0.1) is 12.3 Å².